The summed E-state index contributed by atoms with van der Waals surface area (Å²) in [6.45, 7) is 4.05. The van der Waals surface area contributed by atoms with E-state index in [2.05, 4.69) is 6.92 Å². The fraction of sp³-hybridized carbons (Fsp3) is 0.462. The van der Waals surface area contributed by atoms with Crippen LogP contribution in [0.15, 0.2) is 24.3 Å². The Labute approximate surface area is 101 Å². The minimum atomic E-state index is -0.988. The van der Waals surface area contributed by atoms with Gasteiger partial charge in [-0.2, -0.15) is 0 Å². The second-order valence-corrected chi connectivity index (χ2v) is 4.13. The molecule has 0 aliphatic carbocycles. The highest BCUT2D eigenvalue weighted by atomic mass is 16.5. The molecule has 0 aromatic heterocycles. The molecule has 0 fully saturated rings. The molecule has 4 nitrogen and oxygen atoms in total. The van der Waals surface area contributed by atoms with Gasteiger partial charge in [0.25, 0.3) is 0 Å². The molecule has 2 atom stereocenters. The third-order valence-electron chi connectivity index (χ3n) is 2.58. The molecule has 2 unspecified atom stereocenters. The van der Waals surface area contributed by atoms with Crippen molar-refractivity contribution in [1.29, 1.82) is 0 Å². The van der Waals surface area contributed by atoms with Gasteiger partial charge in [0.05, 0.1) is 6.10 Å². The van der Waals surface area contributed by atoms with Gasteiger partial charge in [0.2, 0.25) is 0 Å². The van der Waals surface area contributed by atoms with E-state index in [9.17, 15) is 4.79 Å². The summed E-state index contributed by atoms with van der Waals surface area (Å²) >= 11 is 0. The largest absolute Gasteiger partial charge is 0.491 e. The van der Waals surface area contributed by atoms with Gasteiger partial charge in [-0.15, -0.1) is 0 Å². The molecule has 94 valence electrons. The smallest absolute Gasteiger partial charge is 0.320 e. The zero-order valence-electron chi connectivity index (χ0n) is 10.2. The average molecular weight is 237 g/mol. The van der Waals surface area contributed by atoms with Crippen LogP contribution in [0, 0.1) is 0 Å². The van der Waals surface area contributed by atoms with Gasteiger partial charge in [0.1, 0.15) is 11.8 Å². The Hall–Kier alpha value is -1.55. The number of benzene rings is 1. The third kappa shape index (κ3) is 4.44. The molecule has 1 aromatic rings. The maximum atomic E-state index is 10.7. The number of ether oxygens (including phenoxy) is 1. The monoisotopic (exact) mass is 237 g/mol. The second-order valence-electron chi connectivity index (χ2n) is 4.13. The lowest BCUT2D eigenvalue weighted by atomic mass is 10.1. The minimum Gasteiger partial charge on any atom is -0.491 e. The van der Waals surface area contributed by atoms with E-state index in [4.69, 9.17) is 15.6 Å². The molecule has 0 saturated carbocycles. The van der Waals surface area contributed by atoms with Crippen LogP contribution in [0.25, 0.3) is 0 Å². The summed E-state index contributed by atoms with van der Waals surface area (Å²) in [5.41, 5.74) is 6.36. The molecule has 0 radical (unpaired) electrons. The number of carboxylic acid groups (broad SMARTS) is 1. The maximum Gasteiger partial charge on any atom is 0.320 e. The van der Waals surface area contributed by atoms with E-state index >= 15 is 0 Å². The number of hydrogen-bond donors (Lipinski definition) is 2. The summed E-state index contributed by atoms with van der Waals surface area (Å²) in [4.78, 5) is 10.7. The molecule has 0 aliphatic heterocycles. The van der Waals surface area contributed by atoms with Crippen LogP contribution < -0.4 is 10.5 Å². The molecule has 0 heterocycles. The molecule has 1 aromatic carbocycles. The molecule has 3 N–H and O–H groups in total. The van der Waals surface area contributed by atoms with Crippen LogP contribution in [-0.2, 0) is 11.2 Å². The number of nitrogens with two attached hydrogens (primary N) is 1. The summed E-state index contributed by atoms with van der Waals surface area (Å²) in [5, 5.41) is 8.74. The molecule has 0 spiro atoms. The van der Waals surface area contributed by atoms with Gasteiger partial charge in [-0.25, -0.2) is 0 Å². The van der Waals surface area contributed by atoms with Crippen molar-refractivity contribution < 1.29 is 14.6 Å². The van der Waals surface area contributed by atoms with Crippen LogP contribution in [0.4, 0.5) is 0 Å². The van der Waals surface area contributed by atoms with Gasteiger partial charge < -0.3 is 15.6 Å². The topological polar surface area (TPSA) is 72.5 Å². The predicted octanol–water partition coefficient (Wildman–Crippen LogP) is 1.82. The zero-order valence-corrected chi connectivity index (χ0v) is 10.2. The van der Waals surface area contributed by atoms with Crippen molar-refractivity contribution in [2.24, 2.45) is 5.73 Å². The highest BCUT2D eigenvalue weighted by Crippen LogP contribution is 2.16. The Morgan fingerprint density at radius 1 is 1.53 bits per heavy atom. The molecular weight excluding hydrogens is 218 g/mol. The first kappa shape index (κ1) is 13.5. The Kier molecular flexibility index (Phi) is 4.97. The van der Waals surface area contributed by atoms with Crippen LogP contribution >= 0.6 is 0 Å². The quantitative estimate of drug-likeness (QED) is 0.791. The van der Waals surface area contributed by atoms with Gasteiger partial charge in [-0.05, 0) is 37.5 Å². The molecule has 0 saturated heterocycles. The summed E-state index contributed by atoms with van der Waals surface area (Å²) in [7, 11) is 0. The average Bonchev–Trinajstić information content (AvgIpc) is 2.29. The van der Waals surface area contributed by atoms with Crippen LogP contribution in [0.1, 0.15) is 25.8 Å². The van der Waals surface area contributed by atoms with E-state index in [0.29, 0.717) is 6.42 Å². The van der Waals surface area contributed by atoms with E-state index in [1.807, 2.05) is 31.2 Å². The van der Waals surface area contributed by atoms with Crippen LogP contribution in [0.3, 0.4) is 0 Å². The highest BCUT2D eigenvalue weighted by molar-refractivity contribution is 5.73. The Balaban J connectivity index is 2.68. The molecule has 0 aliphatic rings. The fourth-order valence-electron chi connectivity index (χ4n) is 1.40. The first-order chi connectivity index (χ1) is 8.02. The highest BCUT2D eigenvalue weighted by Gasteiger charge is 2.12. The number of carbonyl (C=O) groups is 1. The van der Waals surface area contributed by atoms with Gasteiger partial charge in [0.15, 0.2) is 0 Å². The number of carboxylic acids is 1. The Morgan fingerprint density at radius 3 is 2.82 bits per heavy atom. The summed E-state index contributed by atoms with van der Waals surface area (Å²) < 4.78 is 5.66. The SMILES string of the molecule is CCC(C)Oc1cccc(CC(N)C(=O)O)c1. The lowest BCUT2D eigenvalue weighted by molar-refractivity contribution is -0.138. The molecule has 0 bridgehead atoms. The predicted molar refractivity (Wildman–Crippen MR) is 66.1 cm³/mol. The third-order valence-corrected chi connectivity index (χ3v) is 2.58. The van der Waals surface area contributed by atoms with Crippen molar-refractivity contribution in [3.63, 3.8) is 0 Å². The number of aliphatic carboxylic acids is 1. The Morgan fingerprint density at radius 2 is 2.24 bits per heavy atom. The van der Waals surface area contributed by atoms with Crippen molar-refractivity contribution in [2.45, 2.75) is 38.8 Å². The first-order valence-corrected chi connectivity index (χ1v) is 5.77. The molecular formula is C13H19NO3. The van der Waals surface area contributed by atoms with Crippen molar-refractivity contribution in [1.82, 2.24) is 0 Å². The van der Waals surface area contributed by atoms with Crippen LogP contribution in [0.2, 0.25) is 0 Å². The second kappa shape index (κ2) is 6.25. The van der Waals surface area contributed by atoms with Gasteiger partial charge in [-0.1, -0.05) is 19.1 Å². The lowest BCUT2D eigenvalue weighted by Crippen LogP contribution is -2.32. The standard InChI is InChI=1S/C13H19NO3/c1-3-9(2)17-11-6-4-5-10(7-11)8-12(14)13(15)16/h4-7,9,12H,3,8,14H2,1-2H3,(H,15,16). The van der Waals surface area contributed by atoms with Gasteiger partial charge >= 0.3 is 5.97 Å². The van der Waals surface area contributed by atoms with Crippen molar-refractivity contribution in [3.05, 3.63) is 29.8 Å². The van der Waals surface area contributed by atoms with E-state index in [1.54, 1.807) is 0 Å². The summed E-state index contributed by atoms with van der Waals surface area (Å²) in [6, 6.07) is 6.54. The Bertz CT molecular complexity index is 379. The minimum absolute atomic E-state index is 0.151. The van der Waals surface area contributed by atoms with Crippen molar-refractivity contribution >= 4 is 5.97 Å². The van der Waals surface area contributed by atoms with Gasteiger partial charge in [-0.3, -0.25) is 4.79 Å². The molecule has 4 heteroatoms. The van der Waals surface area contributed by atoms with E-state index < -0.39 is 12.0 Å². The lowest BCUT2D eigenvalue weighted by Gasteiger charge is -2.14. The van der Waals surface area contributed by atoms with Gasteiger partial charge in [0, 0.05) is 0 Å². The molecule has 0 amide bonds. The number of rotatable bonds is 6. The van der Waals surface area contributed by atoms with Crippen molar-refractivity contribution in [3.8, 4) is 5.75 Å². The zero-order chi connectivity index (χ0) is 12.8. The van der Waals surface area contributed by atoms with E-state index in [-0.39, 0.29) is 6.10 Å². The van der Waals surface area contributed by atoms with E-state index in [1.165, 1.54) is 0 Å². The number of hydrogen-bond acceptors (Lipinski definition) is 3. The normalized spacial score (nSPS) is 14.1. The maximum absolute atomic E-state index is 10.7. The van der Waals surface area contributed by atoms with Crippen LogP contribution in [0.5, 0.6) is 5.75 Å². The summed E-state index contributed by atoms with van der Waals surface area (Å²) in [5.74, 6) is -0.229. The van der Waals surface area contributed by atoms with E-state index in [0.717, 1.165) is 17.7 Å². The molecule has 1 rings (SSSR count). The fourth-order valence-corrected chi connectivity index (χ4v) is 1.40. The molecule has 17 heavy (non-hydrogen) atoms. The first-order valence-electron chi connectivity index (χ1n) is 5.77. The van der Waals surface area contributed by atoms with Crippen LogP contribution in [-0.4, -0.2) is 23.2 Å². The van der Waals surface area contributed by atoms with Crippen molar-refractivity contribution in [2.75, 3.05) is 0 Å². The summed E-state index contributed by atoms with van der Waals surface area (Å²) in [6.07, 6.45) is 1.39.